The number of para-hydroxylation sites is 1. The molecule has 1 heterocycles. The van der Waals surface area contributed by atoms with Gasteiger partial charge < -0.3 is 0 Å². The number of H-pyrrole nitrogens is 1. The van der Waals surface area contributed by atoms with Gasteiger partial charge in [0, 0.05) is 13.1 Å². The molecule has 0 saturated carbocycles. The zero-order valence-electron chi connectivity index (χ0n) is 16.5. The molecule has 8 nitrogen and oxygen atoms in total. The quantitative estimate of drug-likeness (QED) is 0.594. The van der Waals surface area contributed by atoms with Crippen molar-refractivity contribution < 1.29 is 8.42 Å². The van der Waals surface area contributed by atoms with Gasteiger partial charge in [0.15, 0.2) is 5.69 Å². The second-order valence-electron chi connectivity index (χ2n) is 6.35. The fraction of sp³-hybridized carbons (Fsp3) is 0.250. The molecule has 0 saturated heterocycles. The van der Waals surface area contributed by atoms with E-state index in [0.29, 0.717) is 30.2 Å². The van der Waals surface area contributed by atoms with Gasteiger partial charge in [0.2, 0.25) is 10.0 Å². The summed E-state index contributed by atoms with van der Waals surface area (Å²) in [4.78, 5) is 12.8. The summed E-state index contributed by atoms with van der Waals surface area (Å²) in [6.45, 7) is 6.07. The summed E-state index contributed by atoms with van der Waals surface area (Å²) >= 11 is 0. The Bertz CT molecular complexity index is 1180. The molecule has 0 spiro atoms. The smallest absolute Gasteiger partial charge is 0.293 e. The van der Waals surface area contributed by atoms with Crippen LogP contribution in [0.1, 0.15) is 19.5 Å². The summed E-state index contributed by atoms with van der Waals surface area (Å²) < 4.78 is 28.1. The number of benzene rings is 2. The highest BCUT2D eigenvalue weighted by Gasteiger charge is 2.21. The fourth-order valence-corrected chi connectivity index (χ4v) is 4.44. The maximum atomic E-state index is 12.7. The van der Waals surface area contributed by atoms with E-state index in [1.165, 1.54) is 21.1 Å². The topological polar surface area (TPSA) is 99.9 Å². The summed E-state index contributed by atoms with van der Waals surface area (Å²) in [5.41, 5.74) is 1.45. The van der Waals surface area contributed by atoms with Crippen LogP contribution in [0.15, 0.2) is 74.5 Å². The lowest BCUT2D eigenvalue weighted by molar-refractivity contribution is 0.445. The van der Waals surface area contributed by atoms with E-state index in [1.807, 2.05) is 18.2 Å². The molecule has 0 atom stereocenters. The highest BCUT2D eigenvalue weighted by molar-refractivity contribution is 7.89. The first-order valence-electron chi connectivity index (χ1n) is 9.27. The van der Waals surface area contributed by atoms with E-state index < -0.39 is 10.0 Å². The van der Waals surface area contributed by atoms with Crippen LogP contribution in [-0.2, 0) is 10.0 Å². The van der Waals surface area contributed by atoms with Gasteiger partial charge in [-0.1, -0.05) is 38.1 Å². The monoisotopic (exact) mass is 413 g/mol. The Morgan fingerprint density at radius 1 is 1.00 bits per heavy atom. The summed E-state index contributed by atoms with van der Waals surface area (Å²) in [6.07, 6.45) is 0. The third-order valence-electron chi connectivity index (χ3n) is 4.48. The number of sulfonamides is 1. The zero-order valence-corrected chi connectivity index (χ0v) is 17.3. The lowest BCUT2D eigenvalue weighted by Crippen LogP contribution is -2.30. The first-order chi connectivity index (χ1) is 13.9. The lowest BCUT2D eigenvalue weighted by atomic mass is 10.3. The van der Waals surface area contributed by atoms with Crippen LogP contribution in [0.4, 0.5) is 11.4 Å². The van der Waals surface area contributed by atoms with Gasteiger partial charge >= 0.3 is 0 Å². The Balaban J connectivity index is 1.94. The van der Waals surface area contributed by atoms with Crippen LogP contribution in [0.5, 0.6) is 0 Å². The fourth-order valence-electron chi connectivity index (χ4n) is 2.94. The van der Waals surface area contributed by atoms with E-state index in [-0.39, 0.29) is 16.1 Å². The molecule has 0 aliphatic rings. The van der Waals surface area contributed by atoms with Crippen molar-refractivity contribution in [3.63, 3.8) is 0 Å². The number of azo groups is 1. The molecular formula is C20H23N5O3S. The van der Waals surface area contributed by atoms with Crippen molar-refractivity contribution in [1.29, 1.82) is 0 Å². The first kappa shape index (κ1) is 20.7. The minimum Gasteiger partial charge on any atom is -0.293 e. The van der Waals surface area contributed by atoms with Crippen molar-refractivity contribution >= 4 is 21.4 Å². The molecule has 0 amide bonds. The van der Waals surface area contributed by atoms with E-state index in [0.717, 1.165) is 0 Å². The highest BCUT2D eigenvalue weighted by Crippen LogP contribution is 2.23. The predicted molar refractivity (Wildman–Crippen MR) is 112 cm³/mol. The van der Waals surface area contributed by atoms with E-state index in [4.69, 9.17) is 0 Å². The standard InChI is InChI=1S/C20H23N5O3S/c1-4-24(5-2)29(27,28)18-13-9-10-16(14-18)21-22-19-15(3)23-25(20(19)26)17-11-7-6-8-12-17/h6-14,23H,4-5H2,1-3H3. The van der Waals surface area contributed by atoms with Crippen molar-refractivity contribution in [3.05, 3.63) is 70.6 Å². The summed E-state index contributed by atoms with van der Waals surface area (Å²) in [7, 11) is -3.60. The predicted octanol–water partition coefficient (Wildman–Crippen LogP) is 3.92. The van der Waals surface area contributed by atoms with E-state index in [9.17, 15) is 13.2 Å². The molecule has 152 valence electrons. The molecule has 2 aromatic carbocycles. The molecule has 0 aliphatic carbocycles. The molecule has 0 bridgehead atoms. The molecule has 0 fully saturated rings. The van der Waals surface area contributed by atoms with Crippen LogP contribution in [-0.4, -0.2) is 35.6 Å². The van der Waals surface area contributed by atoms with Crippen LogP contribution >= 0.6 is 0 Å². The molecule has 0 radical (unpaired) electrons. The van der Waals surface area contributed by atoms with E-state index in [2.05, 4.69) is 15.3 Å². The number of aryl methyl sites for hydroxylation is 1. The Morgan fingerprint density at radius 2 is 1.69 bits per heavy atom. The molecule has 1 aromatic heterocycles. The van der Waals surface area contributed by atoms with Crippen LogP contribution in [0.3, 0.4) is 0 Å². The third kappa shape index (κ3) is 4.20. The number of nitrogens with zero attached hydrogens (tertiary/aromatic N) is 4. The molecule has 0 aliphatic heterocycles. The second kappa shape index (κ2) is 8.54. The van der Waals surface area contributed by atoms with Gasteiger partial charge in [0.1, 0.15) is 0 Å². The molecule has 9 heteroatoms. The molecular weight excluding hydrogens is 390 g/mol. The van der Waals surface area contributed by atoms with Gasteiger partial charge in [-0.15, -0.1) is 5.11 Å². The maximum Gasteiger partial charge on any atom is 0.299 e. The average molecular weight is 414 g/mol. The van der Waals surface area contributed by atoms with Gasteiger partial charge in [-0.25, -0.2) is 13.1 Å². The average Bonchev–Trinajstić information content (AvgIpc) is 3.01. The normalized spacial score (nSPS) is 12.1. The molecule has 3 rings (SSSR count). The van der Waals surface area contributed by atoms with Crippen LogP contribution in [0.2, 0.25) is 0 Å². The Hall–Kier alpha value is -3.04. The van der Waals surface area contributed by atoms with E-state index in [1.54, 1.807) is 45.0 Å². The first-order valence-corrected chi connectivity index (χ1v) is 10.7. The van der Waals surface area contributed by atoms with Gasteiger partial charge in [0.05, 0.1) is 22.0 Å². The number of hydrogen-bond donors (Lipinski definition) is 1. The van der Waals surface area contributed by atoms with Crippen LogP contribution < -0.4 is 5.56 Å². The number of nitrogens with one attached hydrogen (secondary N) is 1. The summed E-state index contributed by atoms with van der Waals surface area (Å²) in [5.74, 6) is 0. The zero-order chi connectivity index (χ0) is 21.0. The van der Waals surface area contributed by atoms with Gasteiger partial charge in [-0.05, 0) is 37.3 Å². The summed E-state index contributed by atoms with van der Waals surface area (Å²) in [6, 6.07) is 15.4. The summed E-state index contributed by atoms with van der Waals surface area (Å²) in [5, 5.41) is 11.2. The lowest BCUT2D eigenvalue weighted by Gasteiger charge is -2.18. The molecule has 3 aromatic rings. The Labute approximate surface area is 169 Å². The van der Waals surface area contributed by atoms with Crippen molar-refractivity contribution in [1.82, 2.24) is 14.1 Å². The minimum atomic E-state index is -3.60. The van der Waals surface area contributed by atoms with Gasteiger partial charge in [-0.3, -0.25) is 9.89 Å². The second-order valence-corrected chi connectivity index (χ2v) is 8.29. The molecule has 29 heavy (non-hydrogen) atoms. The van der Waals surface area contributed by atoms with Crippen molar-refractivity contribution in [3.8, 4) is 5.69 Å². The minimum absolute atomic E-state index is 0.144. The molecule has 1 N–H and O–H groups in total. The number of aromatic nitrogens is 2. The van der Waals surface area contributed by atoms with Crippen molar-refractivity contribution in [2.75, 3.05) is 13.1 Å². The third-order valence-corrected chi connectivity index (χ3v) is 6.53. The van der Waals surface area contributed by atoms with Crippen molar-refractivity contribution in [2.45, 2.75) is 25.7 Å². The SMILES string of the molecule is CCN(CC)S(=O)(=O)c1cccc(N=Nc2c(C)[nH]n(-c3ccccc3)c2=O)c1. The number of hydrogen-bond acceptors (Lipinski definition) is 5. The largest absolute Gasteiger partial charge is 0.299 e. The Kier molecular flexibility index (Phi) is 6.09. The highest BCUT2D eigenvalue weighted by atomic mass is 32.2. The van der Waals surface area contributed by atoms with E-state index >= 15 is 0 Å². The van der Waals surface area contributed by atoms with Gasteiger partial charge in [0.25, 0.3) is 5.56 Å². The number of rotatable bonds is 7. The Morgan fingerprint density at radius 3 is 2.34 bits per heavy atom. The van der Waals surface area contributed by atoms with Crippen molar-refractivity contribution in [2.24, 2.45) is 10.2 Å². The van der Waals surface area contributed by atoms with Crippen LogP contribution in [0, 0.1) is 6.92 Å². The van der Waals surface area contributed by atoms with Crippen LogP contribution in [0.25, 0.3) is 5.69 Å². The maximum absolute atomic E-state index is 12.7. The number of aromatic amines is 1. The van der Waals surface area contributed by atoms with Gasteiger partial charge in [-0.2, -0.15) is 9.42 Å². The molecule has 0 unspecified atom stereocenters.